The molecule has 100 valence electrons. The number of nitrogen functional groups attached to an aromatic ring is 1. The smallest absolute Gasteiger partial charge is 0.294 e. The number of benzene rings is 1. The Bertz CT molecular complexity index is 569. The number of hydrogen-bond acceptors (Lipinski definition) is 5. The lowest BCUT2D eigenvalue weighted by molar-refractivity contribution is 0.0953. The van der Waals surface area contributed by atoms with E-state index in [0.29, 0.717) is 11.6 Å². The van der Waals surface area contributed by atoms with Gasteiger partial charge in [0.2, 0.25) is 0 Å². The van der Waals surface area contributed by atoms with Gasteiger partial charge in [0, 0.05) is 18.1 Å². The van der Waals surface area contributed by atoms with E-state index in [0.717, 1.165) is 11.4 Å². The van der Waals surface area contributed by atoms with Gasteiger partial charge >= 0.3 is 0 Å². The highest BCUT2D eigenvalue weighted by Crippen LogP contribution is 2.17. The molecule has 1 heterocycles. The van der Waals surface area contributed by atoms with Crippen LogP contribution >= 0.6 is 11.3 Å². The largest absolute Gasteiger partial charge is 0.369 e. The van der Waals surface area contributed by atoms with Gasteiger partial charge in [-0.15, -0.1) is 11.3 Å². The molecule has 3 N–H and O–H groups in total. The van der Waals surface area contributed by atoms with E-state index in [1.54, 1.807) is 17.5 Å². The van der Waals surface area contributed by atoms with Crippen LogP contribution in [0.1, 0.15) is 15.5 Å². The average Bonchev–Trinajstić information content (AvgIpc) is 2.87. The summed E-state index contributed by atoms with van der Waals surface area (Å²) in [7, 11) is 1.87. The van der Waals surface area contributed by atoms with E-state index in [1.807, 2.05) is 17.4 Å². The first-order valence-electron chi connectivity index (χ1n) is 5.52. The zero-order valence-electron chi connectivity index (χ0n) is 10.3. The Labute approximate surface area is 113 Å². The van der Waals surface area contributed by atoms with Crippen LogP contribution in [0.25, 0.3) is 0 Å². The summed E-state index contributed by atoms with van der Waals surface area (Å²) in [4.78, 5) is 17.4. The van der Waals surface area contributed by atoms with Crippen LogP contribution in [0.2, 0.25) is 0 Å². The monoisotopic (exact) mass is 280 g/mol. The van der Waals surface area contributed by atoms with Crippen molar-refractivity contribution in [1.29, 1.82) is 0 Å². The summed E-state index contributed by atoms with van der Waals surface area (Å²) in [6.07, 6.45) is 0. The van der Waals surface area contributed by atoms with Crippen molar-refractivity contribution in [2.75, 3.05) is 11.9 Å². The van der Waals surface area contributed by atoms with Crippen LogP contribution in [0.4, 0.5) is 10.1 Å². The quantitative estimate of drug-likeness (QED) is 0.506. The normalized spacial score (nSPS) is 10.3. The molecule has 0 unspecified atom stereocenters. The fourth-order valence-corrected chi connectivity index (χ4v) is 2.29. The first-order valence-corrected chi connectivity index (χ1v) is 6.40. The maximum Gasteiger partial charge on any atom is 0.294 e. The van der Waals surface area contributed by atoms with E-state index in [4.69, 9.17) is 5.84 Å². The van der Waals surface area contributed by atoms with Crippen molar-refractivity contribution in [2.45, 2.75) is 6.54 Å². The SMILES string of the molecule is CN(Cc1csc(C(=O)NN)n1)c1ccc(F)cc1. The summed E-state index contributed by atoms with van der Waals surface area (Å²) in [6, 6.07) is 6.19. The van der Waals surface area contributed by atoms with Gasteiger partial charge in [0.15, 0.2) is 5.01 Å². The second kappa shape index (κ2) is 5.77. The molecular weight excluding hydrogens is 267 g/mol. The number of nitrogens with two attached hydrogens (primary N) is 1. The number of hydrogen-bond donors (Lipinski definition) is 2. The number of carbonyl (C=O) groups is 1. The number of carbonyl (C=O) groups excluding carboxylic acids is 1. The molecule has 19 heavy (non-hydrogen) atoms. The van der Waals surface area contributed by atoms with Gasteiger partial charge in [-0.05, 0) is 24.3 Å². The highest BCUT2D eigenvalue weighted by atomic mass is 32.1. The van der Waals surface area contributed by atoms with E-state index in [9.17, 15) is 9.18 Å². The average molecular weight is 280 g/mol. The van der Waals surface area contributed by atoms with Gasteiger partial charge in [0.05, 0.1) is 12.2 Å². The molecule has 0 aliphatic heterocycles. The van der Waals surface area contributed by atoms with Gasteiger partial charge in [-0.1, -0.05) is 0 Å². The molecule has 0 spiro atoms. The van der Waals surface area contributed by atoms with Crippen LogP contribution in [-0.2, 0) is 6.54 Å². The molecule has 2 aromatic rings. The third-order valence-corrected chi connectivity index (χ3v) is 3.43. The summed E-state index contributed by atoms with van der Waals surface area (Å²) in [5.74, 6) is 4.37. The number of anilines is 1. The minimum atomic E-state index is -0.402. The lowest BCUT2D eigenvalue weighted by Crippen LogP contribution is -2.30. The van der Waals surface area contributed by atoms with Crippen LogP contribution in [0.15, 0.2) is 29.6 Å². The third-order valence-electron chi connectivity index (χ3n) is 2.54. The van der Waals surface area contributed by atoms with Crippen molar-refractivity contribution >= 4 is 22.9 Å². The molecule has 0 aliphatic carbocycles. The number of rotatable bonds is 4. The number of amides is 1. The Morgan fingerprint density at radius 2 is 2.16 bits per heavy atom. The Kier molecular flexibility index (Phi) is 4.08. The van der Waals surface area contributed by atoms with Crippen molar-refractivity contribution in [1.82, 2.24) is 10.4 Å². The van der Waals surface area contributed by atoms with E-state index in [-0.39, 0.29) is 5.82 Å². The number of nitrogens with one attached hydrogen (secondary N) is 1. The lowest BCUT2D eigenvalue weighted by atomic mass is 10.3. The third kappa shape index (κ3) is 3.27. The maximum atomic E-state index is 12.8. The summed E-state index contributed by atoms with van der Waals surface area (Å²) in [5, 5.41) is 2.12. The fourth-order valence-electron chi connectivity index (χ4n) is 1.58. The molecule has 0 fully saturated rings. The van der Waals surface area contributed by atoms with Gasteiger partial charge in [-0.25, -0.2) is 15.2 Å². The first kappa shape index (κ1) is 13.4. The minimum Gasteiger partial charge on any atom is -0.369 e. The molecule has 0 saturated heterocycles. The lowest BCUT2D eigenvalue weighted by Gasteiger charge is -2.17. The van der Waals surface area contributed by atoms with Crippen molar-refractivity contribution in [2.24, 2.45) is 5.84 Å². The van der Waals surface area contributed by atoms with Crippen LogP contribution in [-0.4, -0.2) is 17.9 Å². The highest BCUT2D eigenvalue weighted by Gasteiger charge is 2.11. The van der Waals surface area contributed by atoms with Crippen molar-refractivity contribution in [3.8, 4) is 0 Å². The molecule has 1 aromatic heterocycles. The van der Waals surface area contributed by atoms with Crippen molar-refractivity contribution < 1.29 is 9.18 Å². The number of thiazole rings is 1. The van der Waals surface area contributed by atoms with Crippen LogP contribution in [0.5, 0.6) is 0 Å². The maximum absolute atomic E-state index is 12.8. The van der Waals surface area contributed by atoms with Crippen molar-refractivity contribution in [3.05, 3.63) is 46.2 Å². The molecule has 0 atom stereocenters. The molecule has 2 rings (SSSR count). The summed E-state index contributed by atoms with van der Waals surface area (Å²) in [6.45, 7) is 0.528. The van der Waals surface area contributed by atoms with Crippen LogP contribution in [0.3, 0.4) is 0 Å². The molecule has 1 amide bonds. The van der Waals surface area contributed by atoms with Gasteiger partial charge < -0.3 is 4.90 Å². The number of halogens is 1. The second-order valence-corrected chi connectivity index (χ2v) is 4.81. The van der Waals surface area contributed by atoms with Gasteiger partial charge in [-0.3, -0.25) is 10.2 Å². The van der Waals surface area contributed by atoms with E-state index >= 15 is 0 Å². The Balaban J connectivity index is 2.06. The van der Waals surface area contributed by atoms with E-state index in [1.165, 1.54) is 23.5 Å². The molecule has 5 nitrogen and oxygen atoms in total. The van der Waals surface area contributed by atoms with Gasteiger partial charge in [0.25, 0.3) is 5.91 Å². The zero-order chi connectivity index (χ0) is 13.8. The standard InChI is InChI=1S/C12H13FN4OS/c1-17(10-4-2-8(13)3-5-10)6-9-7-19-12(15-9)11(18)16-14/h2-5,7H,6,14H2,1H3,(H,16,18). The van der Waals surface area contributed by atoms with Crippen LogP contribution < -0.4 is 16.2 Å². The fraction of sp³-hybridized carbons (Fsp3) is 0.167. The van der Waals surface area contributed by atoms with E-state index in [2.05, 4.69) is 4.98 Å². The molecule has 0 bridgehead atoms. The Hall–Kier alpha value is -1.99. The molecule has 1 aromatic carbocycles. The summed E-state index contributed by atoms with van der Waals surface area (Å²) in [5.41, 5.74) is 3.67. The Morgan fingerprint density at radius 1 is 1.47 bits per heavy atom. The van der Waals surface area contributed by atoms with Crippen molar-refractivity contribution in [3.63, 3.8) is 0 Å². The van der Waals surface area contributed by atoms with Gasteiger partial charge in [0.1, 0.15) is 5.82 Å². The zero-order valence-corrected chi connectivity index (χ0v) is 11.1. The Morgan fingerprint density at radius 3 is 2.79 bits per heavy atom. The predicted octanol–water partition coefficient (Wildman–Crippen LogP) is 1.52. The number of nitrogens with zero attached hydrogens (tertiary/aromatic N) is 2. The molecule has 0 aliphatic rings. The molecule has 7 heteroatoms. The predicted molar refractivity (Wildman–Crippen MR) is 72.3 cm³/mol. The van der Waals surface area contributed by atoms with Crippen LogP contribution in [0, 0.1) is 5.82 Å². The molecule has 0 saturated carbocycles. The molecular formula is C12H13FN4OS. The first-order chi connectivity index (χ1) is 9.10. The summed E-state index contributed by atoms with van der Waals surface area (Å²) < 4.78 is 12.8. The topological polar surface area (TPSA) is 71.2 Å². The highest BCUT2D eigenvalue weighted by molar-refractivity contribution is 7.11. The second-order valence-electron chi connectivity index (χ2n) is 3.95. The number of aromatic nitrogens is 1. The minimum absolute atomic E-state index is 0.271. The van der Waals surface area contributed by atoms with E-state index < -0.39 is 5.91 Å². The van der Waals surface area contributed by atoms with Gasteiger partial charge in [-0.2, -0.15) is 0 Å². The summed E-state index contributed by atoms with van der Waals surface area (Å²) >= 11 is 1.23. The molecule has 0 radical (unpaired) electrons. The number of hydrazine groups is 1.